The molecule has 0 spiro atoms. The predicted octanol–water partition coefficient (Wildman–Crippen LogP) is 2.65. The van der Waals surface area contributed by atoms with Crippen molar-refractivity contribution in [2.75, 3.05) is 32.7 Å². The smallest absolute Gasteiger partial charge is 0.252 e. The van der Waals surface area contributed by atoms with E-state index in [4.69, 9.17) is 4.99 Å². The number of carbonyl (C=O) groups is 1. The van der Waals surface area contributed by atoms with Crippen LogP contribution in [0.1, 0.15) is 35.7 Å². The van der Waals surface area contributed by atoms with Gasteiger partial charge in [-0.1, -0.05) is 30.3 Å². The summed E-state index contributed by atoms with van der Waals surface area (Å²) in [7, 11) is 0. The van der Waals surface area contributed by atoms with E-state index in [1.165, 1.54) is 18.4 Å². The molecule has 0 aliphatic carbocycles. The Bertz CT molecular complexity index is 802. The van der Waals surface area contributed by atoms with Crippen molar-refractivity contribution in [1.82, 2.24) is 25.8 Å². The lowest BCUT2D eigenvalue weighted by Gasteiger charge is -2.23. The van der Waals surface area contributed by atoms with Gasteiger partial charge in [0.15, 0.2) is 5.96 Å². The molecule has 8 heteroatoms. The van der Waals surface area contributed by atoms with E-state index in [2.05, 4.69) is 63.1 Å². The molecular weight excluding hydrogens is 503 g/mol. The monoisotopic (exact) mass is 536 g/mol. The average Bonchev–Trinajstić information content (AvgIpc) is 3.23. The Morgan fingerprint density at radius 1 is 1.13 bits per heavy atom. The normalized spacial score (nSPS) is 16.4. The Kier molecular flexibility index (Phi) is 11.3. The minimum absolute atomic E-state index is 0. The molecule has 2 heterocycles. The van der Waals surface area contributed by atoms with Gasteiger partial charge < -0.3 is 16.0 Å². The molecule has 1 unspecified atom stereocenters. The summed E-state index contributed by atoms with van der Waals surface area (Å²) < 4.78 is 0. The third-order valence-electron chi connectivity index (χ3n) is 5.16. The highest BCUT2D eigenvalue weighted by Gasteiger charge is 2.24. The van der Waals surface area contributed by atoms with Gasteiger partial charge in [0.25, 0.3) is 5.91 Å². The van der Waals surface area contributed by atoms with Crippen LogP contribution in [0.3, 0.4) is 0 Å². The van der Waals surface area contributed by atoms with Gasteiger partial charge in [0.05, 0.1) is 12.1 Å². The minimum atomic E-state index is -0.116. The highest BCUT2D eigenvalue weighted by atomic mass is 127. The van der Waals surface area contributed by atoms with Gasteiger partial charge in [-0.2, -0.15) is 0 Å². The molecule has 0 radical (unpaired) electrons. The molecule has 1 fully saturated rings. The molecular formula is C23H33IN6O. The number of guanidine groups is 1. The summed E-state index contributed by atoms with van der Waals surface area (Å²) >= 11 is 0. The molecule has 3 rings (SSSR count). The summed E-state index contributed by atoms with van der Waals surface area (Å²) in [6.45, 7) is 6.85. The number of hydrogen-bond acceptors (Lipinski definition) is 4. The molecule has 1 saturated heterocycles. The zero-order valence-corrected chi connectivity index (χ0v) is 20.4. The lowest BCUT2D eigenvalue weighted by molar-refractivity contribution is 0.0954. The number of halogens is 1. The molecule has 3 N–H and O–H groups in total. The molecule has 1 amide bonds. The predicted molar refractivity (Wildman–Crippen MR) is 136 cm³/mol. The van der Waals surface area contributed by atoms with E-state index < -0.39 is 0 Å². The molecule has 168 valence electrons. The summed E-state index contributed by atoms with van der Waals surface area (Å²) in [5.74, 6) is 0.675. The van der Waals surface area contributed by atoms with Gasteiger partial charge in [0.1, 0.15) is 0 Å². The zero-order chi connectivity index (χ0) is 21.0. The van der Waals surface area contributed by atoms with Crippen molar-refractivity contribution in [1.29, 1.82) is 0 Å². The van der Waals surface area contributed by atoms with E-state index in [0.29, 0.717) is 24.7 Å². The standard InChI is InChI=1S/C23H32N6O.HI/c1-2-25-23(27-14-13-26-22(30)20-10-6-12-24-16-20)28-17-21-11-7-15-29(21)18-19-8-4-3-5-9-19;/h3-6,8-10,12,16,21H,2,7,11,13-15,17-18H2,1H3,(H,26,30)(H2,25,27,28);1H. The van der Waals surface area contributed by atoms with Crippen LogP contribution in [0.4, 0.5) is 0 Å². The highest BCUT2D eigenvalue weighted by Crippen LogP contribution is 2.20. The number of pyridine rings is 1. The van der Waals surface area contributed by atoms with Crippen LogP contribution < -0.4 is 16.0 Å². The first-order valence-electron chi connectivity index (χ1n) is 10.7. The van der Waals surface area contributed by atoms with Crippen molar-refractivity contribution < 1.29 is 4.79 Å². The summed E-state index contributed by atoms with van der Waals surface area (Å²) in [5.41, 5.74) is 1.92. The molecule has 1 aromatic carbocycles. The van der Waals surface area contributed by atoms with E-state index in [1.54, 1.807) is 24.5 Å². The van der Waals surface area contributed by atoms with Gasteiger partial charge in [-0.3, -0.25) is 19.7 Å². The van der Waals surface area contributed by atoms with Crippen LogP contribution in [0.2, 0.25) is 0 Å². The SMILES string of the molecule is CCNC(=NCC1CCCN1Cc1ccccc1)NCCNC(=O)c1cccnc1.I. The van der Waals surface area contributed by atoms with Crippen molar-refractivity contribution in [3.05, 3.63) is 66.0 Å². The summed E-state index contributed by atoms with van der Waals surface area (Å²) in [6, 6.07) is 14.6. The summed E-state index contributed by atoms with van der Waals surface area (Å²) in [4.78, 5) is 23.4. The van der Waals surface area contributed by atoms with Crippen molar-refractivity contribution in [3.63, 3.8) is 0 Å². The number of aliphatic imine (C=N–C) groups is 1. The fourth-order valence-corrected chi connectivity index (χ4v) is 3.62. The van der Waals surface area contributed by atoms with Crippen molar-refractivity contribution >= 4 is 35.8 Å². The van der Waals surface area contributed by atoms with Crippen LogP contribution in [0, 0.1) is 0 Å². The molecule has 2 aromatic rings. The van der Waals surface area contributed by atoms with Gasteiger partial charge in [0, 0.05) is 44.6 Å². The quantitative estimate of drug-likeness (QED) is 0.199. The molecule has 31 heavy (non-hydrogen) atoms. The molecule has 1 aliphatic rings. The third-order valence-corrected chi connectivity index (χ3v) is 5.16. The number of likely N-dealkylation sites (tertiary alicyclic amines) is 1. The second-order valence-electron chi connectivity index (χ2n) is 7.40. The molecule has 1 aromatic heterocycles. The second-order valence-corrected chi connectivity index (χ2v) is 7.40. The maximum absolute atomic E-state index is 12.1. The van der Waals surface area contributed by atoms with Gasteiger partial charge in [-0.05, 0) is 44.0 Å². The van der Waals surface area contributed by atoms with E-state index in [9.17, 15) is 4.79 Å². The fraction of sp³-hybridized carbons (Fsp3) is 0.435. The van der Waals surface area contributed by atoms with Crippen LogP contribution in [-0.4, -0.2) is 60.5 Å². The molecule has 7 nitrogen and oxygen atoms in total. The van der Waals surface area contributed by atoms with Gasteiger partial charge in [0.2, 0.25) is 0 Å². The second kappa shape index (κ2) is 14.0. The van der Waals surface area contributed by atoms with E-state index in [1.807, 2.05) is 0 Å². The Morgan fingerprint density at radius 2 is 1.94 bits per heavy atom. The Labute approximate surface area is 202 Å². The summed E-state index contributed by atoms with van der Waals surface area (Å²) in [5, 5.41) is 9.49. The average molecular weight is 536 g/mol. The number of rotatable bonds is 9. The number of nitrogens with one attached hydrogen (secondary N) is 3. The van der Waals surface area contributed by atoms with Crippen LogP contribution in [0.5, 0.6) is 0 Å². The van der Waals surface area contributed by atoms with Crippen molar-refractivity contribution in [3.8, 4) is 0 Å². The van der Waals surface area contributed by atoms with Gasteiger partial charge in [-0.25, -0.2) is 0 Å². The Hall–Kier alpha value is -2.20. The maximum atomic E-state index is 12.1. The Morgan fingerprint density at radius 3 is 2.68 bits per heavy atom. The Balaban J connectivity index is 0.00000341. The number of carbonyl (C=O) groups excluding carboxylic acids is 1. The topological polar surface area (TPSA) is 81.7 Å². The van der Waals surface area contributed by atoms with Gasteiger partial charge in [-0.15, -0.1) is 24.0 Å². The molecule has 0 saturated carbocycles. The first-order chi connectivity index (χ1) is 14.8. The molecule has 1 atom stereocenters. The first-order valence-corrected chi connectivity index (χ1v) is 10.7. The van der Waals surface area contributed by atoms with E-state index >= 15 is 0 Å². The number of benzene rings is 1. The zero-order valence-electron chi connectivity index (χ0n) is 18.1. The fourth-order valence-electron chi connectivity index (χ4n) is 3.62. The van der Waals surface area contributed by atoms with Crippen molar-refractivity contribution in [2.24, 2.45) is 4.99 Å². The number of nitrogens with zero attached hydrogens (tertiary/aromatic N) is 3. The summed E-state index contributed by atoms with van der Waals surface area (Å²) in [6.07, 6.45) is 5.62. The van der Waals surface area contributed by atoms with E-state index in [-0.39, 0.29) is 29.9 Å². The maximum Gasteiger partial charge on any atom is 0.252 e. The third kappa shape index (κ3) is 8.45. The lowest BCUT2D eigenvalue weighted by Crippen LogP contribution is -2.42. The number of amides is 1. The minimum Gasteiger partial charge on any atom is -0.357 e. The first kappa shape index (κ1) is 25.1. The van der Waals surface area contributed by atoms with Crippen LogP contribution in [0.25, 0.3) is 0 Å². The highest BCUT2D eigenvalue weighted by molar-refractivity contribution is 14.0. The van der Waals surface area contributed by atoms with Crippen LogP contribution >= 0.6 is 24.0 Å². The number of aromatic nitrogens is 1. The van der Waals surface area contributed by atoms with Crippen molar-refractivity contribution in [2.45, 2.75) is 32.4 Å². The van der Waals surface area contributed by atoms with Crippen LogP contribution in [0.15, 0.2) is 59.9 Å². The van der Waals surface area contributed by atoms with Gasteiger partial charge >= 0.3 is 0 Å². The lowest BCUT2D eigenvalue weighted by atomic mass is 10.2. The number of hydrogen-bond donors (Lipinski definition) is 3. The molecule has 1 aliphatic heterocycles. The van der Waals surface area contributed by atoms with E-state index in [0.717, 1.165) is 32.1 Å². The largest absolute Gasteiger partial charge is 0.357 e. The molecule has 0 bridgehead atoms. The van der Waals surface area contributed by atoms with Crippen LogP contribution in [-0.2, 0) is 6.54 Å².